The van der Waals surface area contributed by atoms with E-state index in [2.05, 4.69) is 25.4 Å². The molecule has 0 amide bonds. The van der Waals surface area contributed by atoms with Gasteiger partial charge in [0.25, 0.3) is 0 Å². The summed E-state index contributed by atoms with van der Waals surface area (Å²) >= 11 is 0. The van der Waals surface area contributed by atoms with Gasteiger partial charge in [-0.3, -0.25) is 4.98 Å². The number of aromatic nitrogens is 5. The maximum Gasteiger partial charge on any atom is 0.192 e. The smallest absolute Gasteiger partial charge is 0.192 e. The van der Waals surface area contributed by atoms with Crippen molar-refractivity contribution in [3.63, 3.8) is 0 Å². The van der Waals surface area contributed by atoms with Crippen molar-refractivity contribution in [3.05, 3.63) is 48.3 Å². The Morgan fingerprint density at radius 3 is 2.58 bits per heavy atom. The van der Waals surface area contributed by atoms with Crippen molar-refractivity contribution in [1.29, 1.82) is 5.26 Å². The van der Waals surface area contributed by atoms with Crippen LogP contribution in [0.25, 0.3) is 22.8 Å². The Hall–Kier alpha value is -3.07. The normalized spacial score (nSPS) is 10.1. The van der Waals surface area contributed by atoms with Gasteiger partial charge in [0.15, 0.2) is 5.69 Å². The van der Waals surface area contributed by atoms with Crippen LogP contribution in [0.4, 0.5) is 0 Å². The standard InChI is InChI=1S/C13H8N6/c14-8-12-13(18-19-17-12)11-6-3-5-10(16-11)9-4-1-2-7-15-9/h1-7H,(H,17,18,19). The predicted octanol–water partition coefficient (Wildman–Crippen LogP) is 1.80. The van der Waals surface area contributed by atoms with Crippen LogP contribution in [0.1, 0.15) is 5.69 Å². The highest BCUT2D eigenvalue weighted by molar-refractivity contribution is 5.64. The van der Waals surface area contributed by atoms with Crippen molar-refractivity contribution >= 4 is 0 Å². The van der Waals surface area contributed by atoms with Crippen LogP contribution in [-0.4, -0.2) is 25.4 Å². The first kappa shape index (κ1) is 11.0. The number of nitriles is 1. The predicted molar refractivity (Wildman–Crippen MR) is 67.6 cm³/mol. The van der Waals surface area contributed by atoms with Crippen LogP contribution in [-0.2, 0) is 0 Å². The SMILES string of the molecule is N#Cc1n[nH]nc1-c1cccc(-c2ccccn2)n1. The largest absolute Gasteiger partial charge is 0.255 e. The summed E-state index contributed by atoms with van der Waals surface area (Å²) < 4.78 is 0. The van der Waals surface area contributed by atoms with E-state index in [0.717, 1.165) is 11.4 Å². The van der Waals surface area contributed by atoms with Crippen LogP contribution in [0.3, 0.4) is 0 Å². The van der Waals surface area contributed by atoms with Crippen LogP contribution in [0.15, 0.2) is 42.6 Å². The fourth-order valence-corrected chi connectivity index (χ4v) is 1.71. The summed E-state index contributed by atoms with van der Waals surface area (Å²) in [5.41, 5.74) is 2.76. The maximum atomic E-state index is 8.94. The van der Waals surface area contributed by atoms with Gasteiger partial charge >= 0.3 is 0 Å². The molecule has 0 fully saturated rings. The average molecular weight is 248 g/mol. The molecule has 0 aliphatic heterocycles. The molecule has 0 bridgehead atoms. The van der Waals surface area contributed by atoms with E-state index in [1.54, 1.807) is 12.3 Å². The Kier molecular flexibility index (Phi) is 2.71. The third-order valence-corrected chi connectivity index (χ3v) is 2.57. The van der Waals surface area contributed by atoms with Gasteiger partial charge in [0.05, 0.1) is 17.1 Å². The number of hydrogen-bond donors (Lipinski definition) is 1. The maximum absolute atomic E-state index is 8.94. The second-order valence-corrected chi connectivity index (χ2v) is 3.76. The molecule has 0 aliphatic rings. The number of nitrogens with zero attached hydrogens (tertiary/aromatic N) is 5. The summed E-state index contributed by atoms with van der Waals surface area (Å²) in [7, 11) is 0. The quantitative estimate of drug-likeness (QED) is 0.746. The van der Waals surface area contributed by atoms with Gasteiger partial charge in [0.1, 0.15) is 11.8 Å². The fourth-order valence-electron chi connectivity index (χ4n) is 1.71. The highest BCUT2D eigenvalue weighted by Crippen LogP contribution is 2.20. The Morgan fingerprint density at radius 1 is 0.947 bits per heavy atom. The van der Waals surface area contributed by atoms with Gasteiger partial charge in [-0.05, 0) is 24.3 Å². The van der Waals surface area contributed by atoms with E-state index in [9.17, 15) is 0 Å². The van der Waals surface area contributed by atoms with E-state index >= 15 is 0 Å². The van der Waals surface area contributed by atoms with E-state index in [4.69, 9.17) is 5.26 Å². The molecule has 0 spiro atoms. The molecule has 6 nitrogen and oxygen atoms in total. The molecule has 0 aliphatic carbocycles. The molecule has 90 valence electrons. The minimum absolute atomic E-state index is 0.227. The topological polar surface area (TPSA) is 91.1 Å². The zero-order valence-electron chi connectivity index (χ0n) is 9.78. The Morgan fingerprint density at radius 2 is 1.79 bits per heavy atom. The molecule has 0 atom stereocenters. The van der Waals surface area contributed by atoms with Crippen LogP contribution in [0.2, 0.25) is 0 Å². The van der Waals surface area contributed by atoms with Crippen LogP contribution >= 0.6 is 0 Å². The summed E-state index contributed by atoms with van der Waals surface area (Å²) in [5, 5.41) is 19.1. The number of aromatic amines is 1. The van der Waals surface area contributed by atoms with Crippen molar-refractivity contribution in [2.45, 2.75) is 0 Å². The fraction of sp³-hybridized carbons (Fsp3) is 0. The molecule has 3 rings (SSSR count). The highest BCUT2D eigenvalue weighted by Gasteiger charge is 2.12. The molecule has 3 heterocycles. The number of nitrogens with one attached hydrogen (secondary N) is 1. The minimum Gasteiger partial charge on any atom is -0.255 e. The molecule has 1 N–H and O–H groups in total. The summed E-state index contributed by atoms with van der Waals surface area (Å²) in [6.07, 6.45) is 1.71. The van der Waals surface area contributed by atoms with Gasteiger partial charge in [-0.15, -0.1) is 5.10 Å². The van der Waals surface area contributed by atoms with Gasteiger partial charge in [-0.1, -0.05) is 12.1 Å². The Balaban J connectivity index is 2.09. The molecule has 19 heavy (non-hydrogen) atoms. The molecule has 6 heteroatoms. The van der Waals surface area contributed by atoms with E-state index < -0.39 is 0 Å². The number of H-pyrrole nitrogens is 1. The van der Waals surface area contributed by atoms with Crippen molar-refractivity contribution < 1.29 is 0 Å². The van der Waals surface area contributed by atoms with Gasteiger partial charge in [0.2, 0.25) is 0 Å². The Labute approximate surface area is 108 Å². The van der Waals surface area contributed by atoms with Gasteiger partial charge < -0.3 is 0 Å². The van der Waals surface area contributed by atoms with Gasteiger partial charge in [0, 0.05) is 6.20 Å². The van der Waals surface area contributed by atoms with Crippen LogP contribution in [0, 0.1) is 11.3 Å². The monoisotopic (exact) mass is 248 g/mol. The lowest BCUT2D eigenvalue weighted by atomic mass is 10.2. The second kappa shape index (κ2) is 4.66. The third kappa shape index (κ3) is 2.05. The highest BCUT2D eigenvalue weighted by atomic mass is 15.3. The van der Waals surface area contributed by atoms with E-state index in [1.165, 1.54) is 0 Å². The first-order valence-electron chi connectivity index (χ1n) is 5.58. The zero-order valence-corrected chi connectivity index (χ0v) is 9.78. The lowest BCUT2D eigenvalue weighted by Crippen LogP contribution is -1.91. The minimum atomic E-state index is 0.227. The molecule has 3 aromatic heterocycles. The van der Waals surface area contributed by atoms with Crippen LogP contribution < -0.4 is 0 Å². The van der Waals surface area contributed by atoms with Crippen molar-refractivity contribution in [1.82, 2.24) is 25.4 Å². The van der Waals surface area contributed by atoms with E-state index in [1.807, 2.05) is 36.4 Å². The third-order valence-electron chi connectivity index (χ3n) is 2.57. The molecule has 0 saturated carbocycles. The molecule has 0 unspecified atom stereocenters. The van der Waals surface area contributed by atoms with E-state index in [-0.39, 0.29) is 5.69 Å². The average Bonchev–Trinajstić information content (AvgIpc) is 2.97. The molecule has 0 aromatic carbocycles. The molecular formula is C13H8N6. The number of hydrogen-bond acceptors (Lipinski definition) is 5. The van der Waals surface area contributed by atoms with Gasteiger partial charge in [-0.25, -0.2) is 4.98 Å². The molecule has 0 saturated heterocycles. The lowest BCUT2D eigenvalue weighted by molar-refractivity contribution is 0.936. The van der Waals surface area contributed by atoms with Crippen molar-refractivity contribution in [2.75, 3.05) is 0 Å². The summed E-state index contributed by atoms with van der Waals surface area (Å²) in [4.78, 5) is 8.70. The van der Waals surface area contributed by atoms with Crippen molar-refractivity contribution in [3.8, 4) is 28.8 Å². The second-order valence-electron chi connectivity index (χ2n) is 3.76. The first-order chi connectivity index (χ1) is 9.38. The first-order valence-corrected chi connectivity index (χ1v) is 5.58. The van der Waals surface area contributed by atoms with Gasteiger partial charge in [-0.2, -0.15) is 15.6 Å². The molecule has 0 radical (unpaired) electrons. The number of pyridine rings is 2. The Bertz CT molecular complexity index is 741. The number of rotatable bonds is 2. The molecular weight excluding hydrogens is 240 g/mol. The summed E-state index contributed by atoms with van der Waals surface area (Å²) in [6.45, 7) is 0. The summed E-state index contributed by atoms with van der Waals surface area (Å²) in [5.74, 6) is 0. The van der Waals surface area contributed by atoms with Crippen LogP contribution in [0.5, 0.6) is 0 Å². The zero-order chi connectivity index (χ0) is 13.1. The lowest BCUT2D eigenvalue weighted by Gasteiger charge is -2.01. The summed E-state index contributed by atoms with van der Waals surface area (Å²) in [6, 6.07) is 13.1. The van der Waals surface area contributed by atoms with E-state index in [0.29, 0.717) is 11.4 Å². The molecule has 3 aromatic rings. The van der Waals surface area contributed by atoms with Crippen molar-refractivity contribution in [2.24, 2.45) is 0 Å².